The van der Waals surface area contributed by atoms with Gasteiger partial charge < -0.3 is 11.6 Å². The van der Waals surface area contributed by atoms with E-state index in [0.29, 0.717) is 12.3 Å². The van der Waals surface area contributed by atoms with Crippen LogP contribution in [0.3, 0.4) is 0 Å². The van der Waals surface area contributed by atoms with Gasteiger partial charge in [0.1, 0.15) is 5.84 Å². The number of nitrogens with two attached hydrogens (primary N) is 2. The van der Waals surface area contributed by atoms with Crippen LogP contribution in [0.4, 0.5) is 0 Å². The van der Waals surface area contributed by atoms with Crippen LogP contribution >= 0.6 is 11.3 Å². The normalized spacial score (nSPS) is 11.9. The van der Waals surface area contributed by atoms with Crippen LogP contribution in [0.1, 0.15) is 22.2 Å². The fourth-order valence-corrected chi connectivity index (χ4v) is 2.90. The molecule has 0 saturated heterocycles. The molecule has 4 nitrogen and oxygen atoms in total. The lowest BCUT2D eigenvalue weighted by molar-refractivity contribution is 0.102. The molecule has 0 atom stereocenters. The van der Waals surface area contributed by atoms with Crippen molar-refractivity contribution in [3.05, 3.63) is 34.7 Å². The van der Waals surface area contributed by atoms with Crippen molar-refractivity contribution in [2.75, 3.05) is 0 Å². The first-order chi connectivity index (χ1) is 8.13. The van der Waals surface area contributed by atoms with E-state index in [4.69, 9.17) is 11.6 Å². The molecule has 0 saturated carbocycles. The van der Waals surface area contributed by atoms with Gasteiger partial charge in [0, 0.05) is 11.1 Å². The number of rotatable bonds is 3. The third-order valence-electron chi connectivity index (χ3n) is 2.54. The first-order valence-electron chi connectivity index (χ1n) is 5.17. The number of ketones is 1. The highest BCUT2D eigenvalue weighted by molar-refractivity contribution is 7.21. The molecular weight excluding hydrogens is 234 g/mol. The summed E-state index contributed by atoms with van der Waals surface area (Å²) >= 11 is 1.48. The second-order valence-corrected chi connectivity index (χ2v) is 4.81. The van der Waals surface area contributed by atoms with Gasteiger partial charge in [-0.2, -0.15) is 5.10 Å². The van der Waals surface area contributed by atoms with E-state index >= 15 is 0 Å². The molecule has 1 aromatic heterocycles. The zero-order chi connectivity index (χ0) is 12.4. The van der Waals surface area contributed by atoms with Gasteiger partial charge in [0.05, 0.1) is 4.88 Å². The number of amidine groups is 1. The van der Waals surface area contributed by atoms with Crippen LogP contribution in [0, 0.1) is 0 Å². The number of carbonyl (C=O) groups is 1. The third kappa shape index (κ3) is 2.14. The fraction of sp³-hybridized carbons (Fsp3) is 0.167. The van der Waals surface area contributed by atoms with E-state index in [0.717, 1.165) is 20.5 Å². The van der Waals surface area contributed by atoms with Gasteiger partial charge in [-0.3, -0.25) is 4.79 Å². The van der Waals surface area contributed by atoms with E-state index in [-0.39, 0.29) is 5.78 Å². The molecule has 88 valence electrons. The van der Waals surface area contributed by atoms with Crippen molar-refractivity contribution in [2.24, 2.45) is 16.7 Å². The van der Waals surface area contributed by atoms with E-state index < -0.39 is 0 Å². The summed E-state index contributed by atoms with van der Waals surface area (Å²) < 4.78 is 1.08. The molecule has 0 unspecified atom stereocenters. The number of Topliss-reactive ketones (excluding diaryl/α,β-unsaturated/α-hetero) is 1. The molecule has 5 heteroatoms. The summed E-state index contributed by atoms with van der Waals surface area (Å²) in [7, 11) is 0. The highest BCUT2D eigenvalue weighted by Gasteiger charge is 2.15. The Labute approximate surface area is 103 Å². The van der Waals surface area contributed by atoms with Gasteiger partial charge in [-0.1, -0.05) is 18.2 Å². The predicted molar refractivity (Wildman–Crippen MR) is 71.3 cm³/mol. The Morgan fingerprint density at radius 3 is 2.76 bits per heavy atom. The molecule has 2 aromatic rings. The first-order valence-corrected chi connectivity index (χ1v) is 5.98. The standard InChI is InChI=1S/C12H13N3OS/c1-7(16)12-9(6-11(13)15-14)8-4-2-3-5-10(8)17-12/h2-5H,6,14H2,1H3,(H2,13,15). The number of hydrogen-bond acceptors (Lipinski definition) is 4. The summed E-state index contributed by atoms with van der Waals surface area (Å²) in [6.07, 6.45) is 0.412. The smallest absolute Gasteiger partial charge is 0.170 e. The number of nitrogens with zero attached hydrogens (tertiary/aromatic N) is 1. The molecule has 0 aliphatic heterocycles. The van der Waals surface area contributed by atoms with Crippen LogP contribution < -0.4 is 11.6 Å². The number of hydrazone groups is 1. The summed E-state index contributed by atoms with van der Waals surface area (Å²) in [5.74, 6) is 5.52. The van der Waals surface area contributed by atoms with Crippen LogP contribution in [0.15, 0.2) is 29.4 Å². The Balaban J connectivity index is 2.64. The Morgan fingerprint density at radius 1 is 1.41 bits per heavy atom. The van der Waals surface area contributed by atoms with Crippen molar-refractivity contribution in [1.29, 1.82) is 0 Å². The Hall–Kier alpha value is -1.88. The number of thiophene rings is 1. The van der Waals surface area contributed by atoms with Gasteiger partial charge in [0.2, 0.25) is 0 Å². The van der Waals surface area contributed by atoms with Crippen molar-refractivity contribution in [3.8, 4) is 0 Å². The van der Waals surface area contributed by atoms with E-state index in [1.54, 1.807) is 6.92 Å². The number of hydrogen-bond donors (Lipinski definition) is 2. The Bertz CT molecular complexity index is 601. The number of benzene rings is 1. The molecule has 4 N–H and O–H groups in total. The SMILES string of the molecule is CC(=O)c1sc2ccccc2c1CC(N)=NN. The van der Waals surface area contributed by atoms with Gasteiger partial charge in [-0.15, -0.1) is 11.3 Å². The molecule has 0 radical (unpaired) electrons. The largest absolute Gasteiger partial charge is 0.385 e. The zero-order valence-corrected chi connectivity index (χ0v) is 10.3. The predicted octanol–water partition coefficient (Wildman–Crippen LogP) is 1.88. The zero-order valence-electron chi connectivity index (χ0n) is 9.43. The lowest BCUT2D eigenvalue weighted by atomic mass is 10.1. The Kier molecular flexibility index (Phi) is 3.10. The molecule has 0 amide bonds. The topological polar surface area (TPSA) is 81.5 Å². The molecule has 1 aromatic carbocycles. The van der Waals surface area contributed by atoms with Crippen molar-refractivity contribution in [1.82, 2.24) is 0 Å². The van der Waals surface area contributed by atoms with E-state index in [1.807, 2.05) is 24.3 Å². The maximum Gasteiger partial charge on any atom is 0.170 e. The van der Waals surface area contributed by atoms with Crippen LogP contribution in [0.25, 0.3) is 10.1 Å². The highest BCUT2D eigenvalue weighted by Crippen LogP contribution is 2.31. The molecule has 1 heterocycles. The minimum Gasteiger partial charge on any atom is -0.385 e. The van der Waals surface area contributed by atoms with Crippen LogP contribution in [-0.2, 0) is 6.42 Å². The molecule has 0 aliphatic rings. The summed E-state index contributed by atoms with van der Waals surface area (Å²) in [4.78, 5) is 12.3. The molecule has 0 fully saturated rings. The third-order valence-corrected chi connectivity index (χ3v) is 3.86. The average molecular weight is 247 g/mol. The highest BCUT2D eigenvalue weighted by atomic mass is 32.1. The van der Waals surface area contributed by atoms with E-state index in [9.17, 15) is 4.79 Å². The van der Waals surface area contributed by atoms with Gasteiger partial charge >= 0.3 is 0 Å². The lowest BCUT2D eigenvalue weighted by Gasteiger charge is -2.01. The second-order valence-electron chi connectivity index (χ2n) is 3.76. The van der Waals surface area contributed by atoms with Gasteiger partial charge in [0.25, 0.3) is 0 Å². The van der Waals surface area contributed by atoms with Crippen molar-refractivity contribution in [3.63, 3.8) is 0 Å². The molecule has 0 bridgehead atoms. The quantitative estimate of drug-likeness (QED) is 0.285. The molecule has 0 spiro atoms. The van der Waals surface area contributed by atoms with Crippen LogP contribution in [0.5, 0.6) is 0 Å². The van der Waals surface area contributed by atoms with Crippen molar-refractivity contribution >= 4 is 33.0 Å². The monoisotopic (exact) mass is 247 g/mol. The maximum absolute atomic E-state index is 11.6. The molecule has 17 heavy (non-hydrogen) atoms. The summed E-state index contributed by atoms with van der Waals surface area (Å²) in [5.41, 5.74) is 6.56. The fourth-order valence-electron chi connectivity index (χ4n) is 1.79. The van der Waals surface area contributed by atoms with Crippen LogP contribution in [0.2, 0.25) is 0 Å². The van der Waals surface area contributed by atoms with Gasteiger partial charge in [-0.05, 0) is 23.9 Å². The van der Waals surface area contributed by atoms with E-state index in [1.165, 1.54) is 11.3 Å². The second kappa shape index (κ2) is 4.55. The minimum absolute atomic E-state index is 0.0472. The average Bonchev–Trinajstić information content (AvgIpc) is 2.68. The Morgan fingerprint density at radius 2 is 2.12 bits per heavy atom. The van der Waals surface area contributed by atoms with Crippen molar-refractivity contribution in [2.45, 2.75) is 13.3 Å². The molecule has 2 rings (SSSR count). The van der Waals surface area contributed by atoms with Gasteiger partial charge in [-0.25, -0.2) is 0 Å². The lowest BCUT2D eigenvalue weighted by Crippen LogP contribution is -2.17. The summed E-state index contributed by atoms with van der Waals surface area (Å²) in [5, 5.41) is 4.51. The molecular formula is C12H13N3OS. The van der Waals surface area contributed by atoms with Crippen LogP contribution in [-0.4, -0.2) is 11.6 Å². The summed E-state index contributed by atoms with van der Waals surface area (Å²) in [6, 6.07) is 7.87. The molecule has 0 aliphatic carbocycles. The minimum atomic E-state index is 0.0472. The van der Waals surface area contributed by atoms with E-state index in [2.05, 4.69) is 5.10 Å². The van der Waals surface area contributed by atoms with Gasteiger partial charge in [0.15, 0.2) is 5.78 Å². The number of fused-ring (bicyclic) bond motifs is 1. The summed E-state index contributed by atoms with van der Waals surface area (Å²) in [6.45, 7) is 1.56. The first kappa shape index (κ1) is 11.6. The van der Waals surface area contributed by atoms with Crippen molar-refractivity contribution < 1.29 is 4.79 Å². The number of carbonyl (C=O) groups excluding carboxylic acids is 1. The maximum atomic E-state index is 11.6.